The molecule has 0 spiro atoms. The number of fused-ring (bicyclic) bond motifs is 1. The summed E-state index contributed by atoms with van der Waals surface area (Å²) in [5.41, 5.74) is 2.15. The smallest absolute Gasteiger partial charge is 0.246 e. The van der Waals surface area contributed by atoms with E-state index in [0.717, 1.165) is 10.9 Å². The fourth-order valence-corrected chi connectivity index (χ4v) is 2.07. The fourth-order valence-electron chi connectivity index (χ4n) is 2.07. The Bertz CT molecular complexity index is 864. The van der Waals surface area contributed by atoms with Gasteiger partial charge >= 0.3 is 0 Å². The van der Waals surface area contributed by atoms with Crippen LogP contribution in [0.3, 0.4) is 0 Å². The molecule has 21 heavy (non-hydrogen) atoms. The predicted molar refractivity (Wildman–Crippen MR) is 76.4 cm³/mol. The average molecular weight is 274 g/mol. The van der Waals surface area contributed by atoms with Crippen molar-refractivity contribution in [3.8, 4) is 17.9 Å². The van der Waals surface area contributed by atoms with E-state index in [0.29, 0.717) is 23.5 Å². The van der Waals surface area contributed by atoms with Crippen molar-refractivity contribution in [2.24, 2.45) is 0 Å². The predicted octanol–water partition coefficient (Wildman–Crippen LogP) is 3.76. The molecule has 4 nitrogen and oxygen atoms in total. The quantitative estimate of drug-likeness (QED) is 0.729. The van der Waals surface area contributed by atoms with E-state index < -0.39 is 0 Å². The van der Waals surface area contributed by atoms with Gasteiger partial charge in [-0.3, -0.25) is 0 Å². The second-order valence-corrected chi connectivity index (χ2v) is 4.47. The normalized spacial score (nSPS) is 10.0. The Morgan fingerprint density at radius 3 is 2.43 bits per heavy atom. The SMILES string of the molecule is N#Cc1ccc(COc2c(C#N)oc3ccccc23)cc1. The summed E-state index contributed by atoms with van der Waals surface area (Å²) < 4.78 is 11.2. The van der Waals surface area contributed by atoms with Gasteiger partial charge in [0, 0.05) is 0 Å². The standard InChI is InChI=1S/C17H10N2O2/c18-9-12-5-7-13(8-6-12)11-20-17-14-3-1-2-4-15(14)21-16(17)10-19/h1-8H,11H2. The summed E-state index contributed by atoms with van der Waals surface area (Å²) in [5, 5.41) is 18.7. The molecule has 0 bridgehead atoms. The third kappa shape index (κ3) is 2.43. The number of ether oxygens (including phenoxy) is 1. The first-order valence-electron chi connectivity index (χ1n) is 6.35. The molecule has 0 unspecified atom stereocenters. The average Bonchev–Trinajstić information content (AvgIpc) is 2.91. The van der Waals surface area contributed by atoms with Gasteiger partial charge in [-0.1, -0.05) is 24.3 Å². The van der Waals surface area contributed by atoms with Crippen molar-refractivity contribution in [1.82, 2.24) is 0 Å². The summed E-state index contributed by atoms with van der Waals surface area (Å²) in [6.45, 7) is 0.309. The number of furan rings is 1. The highest BCUT2D eigenvalue weighted by Gasteiger charge is 2.14. The number of nitriles is 2. The van der Waals surface area contributed by atoms with Crippen LogP contribution in [-0.4, -0.2) is 0 Å². The van der Waals surface area contributed by atoms with Crippen molar-refractivity contribution in [3.63, 3.8) is 0 Å². The zero-order chi connectivity index (χ0) is 14.7. The minimum Gasteiger partial charge on any atom is -0.483 e. The van der Waals surface area contributed by atoms with Crippen molar-refractivity contribution in [1.29, 1.82) is 10.5 Å². The van der Waals surface area contributed by atoms with Gasteiger partial charge in [0.2, 0.25) is 5.76 Å². The number of hydrogen-bond acceptors (Lipinski definition) is 4. The van der Waals surface area contributed by atoms with Crippen LogP contribution < -0.4 is 4.74 Å². The molecule has 0 fully saturated rings. The highest BCUT2D eigenvalue weighted by atomic mass is 16.5. The fraction of sp³-hybridized carbons (Fsp3) is 0.0588. The molecule has 0 aliphatic carbocycles. The van der Waals surface area contributed by atoms with Crippen LogP contribution in [0.2, 0.25) is 0 Å². The summed E-state index contributed by atoms with van der Waals surface area (Å²) >= 11 is 0. The maximum Gasteiger partial charge on any atom is 0.246 e. The van der Waals surface area contributed by atoms with Gasteiger partial charge < -0.3 is 9.15 Å². The summed E-state index contributed by atoms with van der Waals surface area (Å²) in [4.78, 5) is 0. The van der Waals surface area contributed by atoms with E-state index in [2.05, 4.69) is 6.07 Å². The maximum absolute atomic E-state index is 9.13. The van der Waals surface area contributed by atoms with E-state index in [4.69, 9.17) is 19.7 Å². The van der Waals surface area contributed by atoms with Gasteiger partial charge in [0.1, 0.15) is 18.3 Å². The van der Waals surface area contributed by atoms with Crippen LogP contribution in [0.25, 0.3) is 11.0 Å². The van der Waals surface area contributed by atoms with Crippen molar-refractivity contribution in [3.05, 3.63) is 65.4 Å². The van der Waals surface area contributed by atoms with Gasteiger partial charge in [0.25, 0.3) is 0 Å². The molecule has 0 amide bonds. The van der Waals surface area contributed by atoms with Crippen molar-refractivity contribution in [2.45, 2.75) is 6.61 Å². The van der Waals surface area contributed by atoms with Gasteiger partial charge in [-0.25, -0.2) is 0 Å². The summed E-state index contributed by atoms with van der Waals surface area (Å²) in [6, 6.07) is 18.6. The van der Waals surface area contributed by atoms with E-state index in [1.54, 1.807) is 18.2 Å². The molecular weight excluding hydrogens is 264 g/mol. The molecule has 100 valence electrons. The number of hydrogen-bond donors (Lipinski definition) is 0. The van der Waals surface area contributed by atoms with E-state index in [-0.39, 0.29) is 5.76 Å². The van der Waals surface area contributed by atoms with E-state index in [1.165, 1.54) is 0 Å². The monoisotopic (exact) mass is 274 g/mol. The second kappa shape index (κ2) is 5.40. The lowest BCUT2D eigenvalue weighted by Gasteiger charge is -2.04. The van der Waals surface area contributed by atoms with Gasteiger partial charge in [-0.15, -0.1) is 0 Å². The Kier molecular flexibility index (Phi) is 3.29. The van der Waals surface area contributed by atoms with E-state index in [9.17, 15) is 0 Å². The van der Waals surface area contributed by atoms with Crippen LogP contribution in [0.4, 0.5) is 0 Å². The van der Waals surface area contributed by atoms with Crippen LogP contribution in [0, 0.1) is 22.7 Å². The summed E-state index contributed by atoms with van der Waals surface area (Å²) in [5.74, 6) is 0.627. The van der Waals surface area contributed by atoms with Gasteiger partial charge in [-0.2, -0.15) is 10.5 Å². The van der Waals surface area contributed by atoms with Crippen LogP contribution >= 0.6 is 0 Å². The molecule has 0 atom stereocenters. The molecule has 0 aliphatic heterocycles. The minimum atomic E-state index is 0.171. The second-order valence-electron chi connectivity index (χ2n) is 4.47. The lowest BCUT2D eigenvalue weighted by Crippen LogP contribution is -1.96. The zero-order valence-electron chi connectivity index (χ0n) is 11.0. The molecule has 4 heteroatoms. The van der Waals surface area contributed by atoms with Gasteiger partial charge in [0.05, 0.1) is 17.0 Å². The van der Waals surface area contributed by atoms with E-state index in [1.807, 2.05) is 36.4 Å². The Balaban J connectivity index is 1.88. The first-order chi connectivity index (χ1) is 10.3. The number of para-hydroxylation sites is 1. The van der Waals surface area contributed by atoms with Crippen molar-refractivity contribution < 1.29 is 9.15 Å². The van der Waals surface area contributed by atoms with Gasteiger partial charge in [0.15, 0.2) is 5.75 Å². The Hall–Kier alpha value is -3.24. The molecule has 3 rings (SSSR count). The molecule has 3 aromatic rings. The lowest BCUT2D eigenvalue weighted by molar-refractivity contribution is 0.303. The molecule has 1 heterocycles. The third-order valence-electron chi connectivity index (χ3n) is 3.12. The number of rotatable bonds is 3. The van der Waals surface area contributed by atoms with Gasteiger partial charge in [-0.05, 0) is 29.8 Å². The molecule has 0 aliphatic rings. The Morgan fingerprint density at radius 1 is 0.952 bits per heavy atom. The topological polar surface area (TPSA) is 69.9 Å². The molecule has 1 aromatic heterocycles. The molecule has 0 N–H and O–H groups in total. The lowest BCUT2D eigenvalue weighted by atomic mass is 10.1. The number of benzene rings is 2. The molecule has 0 saturated heterocycles. The molecule has 0 saturated carbocycles. The zero-order valence-corrected chi connectivity index (χ0v) is 11.0. The van der Waals surface area contributed by atoms with Crippen LogP contribution in [0.15, 0.2) is 52.9 Å². The molecule has 0 radical (unpaired) electrons. The highest BCUT2D eigenvalue weighted by Crippen LogP contribution is 2.32. The molecule has 2 aromatic carbocycles. The highest BCUT2D eigenvalue weighted by molar-refractivity contribution is 5.86. The summed E-state index contributed by atoms with van der Waals surface area (Å²) in [7, 11) is 0. The largest absolute Gasteiger partial charge is 0.483 e. The van der Waals surface area contributed by atoms with Crippen molar-refractivity contribution >= 4 is 11.0 Å². The Morgan fingerprint density at radius 2 is 1.71 bits per heavy atom. The maximum atomic E-state index is 9.13. The minimum absolute atomic E-state index is 0.171. The number of nitrogens with zero attached hydrogens (tertiary/aromatic N) is 2. The third-order valence-corrected chi connectivity index (χ3v) is 3.12. The molecular formula is C17H10N2O2. The Labute approximate surface area is 121 Å². The van der Waals surface area contributed by atoms with E-state index >= 15 is 0 Å². The van der Waals surface area contributed by atoms with Crippen LogP contribution in [-0.2, 0) is 6.61 Å². The van der Waals surface area contributed by atoms with Crippen LogP contribution in [0.5, 0.6) is 5.75 Å². The van der Waals surface area contributed by atoms with Crippen molar-refractivity contribution in [2.75, 3.05) is 0 Å². The first-order valence-corrected chi connectivity index (χ1v) is 6.35. The first kappa shape index (κ1) is 12.8. The van der Waals surface area contributed by atoms with Crippen LogP contribution in [0.1, 0.15) is 16.9 Å². The summed E-state index contributed by atoms with van der Waals surface area (Å²) in [6.07, 6.45) is 0.